The van der Waals surface area contributed by atoms with E-state index >= 15 is 0 Å². The molecule has 2 N–H and O–H groups in total. The van der Waals surface area contributed by atoms with Crippen LogP contribution < -0.4 is 5.32 Å². The Morgan fingerprint density at radius 2 is 2.04 bits per heavy atom. The molecule has 1 aliphatic rings. The third-order valence-electron chi connectivity index (χ3n) is 4.83. The summed E-state index contributed by atoms with van der Waals surface area (Å²) in [6, 6.07) is 4.37. The monoisotopic (exact) mass is 367 g/mol. The van der Waals surface area contributed by atoms with Gasteiger partial charge in [0, 0.05) is 28.7 Å². The van der Waals surface area contributed by atoms with Gasteiger partial charge in [0.05, 0.1) is 0 Å². The maximum atomic E-state index is 12.8. The number of nitrogens with one attached hydrogen (secondary N) is 2. The lowest BCUT2D eigenvalue weighted by Gasteiger charge is -2.24. The van der Waals surface area contributed by atoms with Gasteiger partial charge in [-0.05, 0) is 50.5 Å². The summed E-state index contributed by atoms with van der Waals surface area (Å²) in [5, 5.41) is 2.80. The summed E-state index contributed by atoms with van der Waals surface area (Å²) in [7, 11) is 0. The minimum Gasteiger partial charge on any atom is -0.358 e. The summed E-state index contributed by atoms with van der Waals surface area (Å²) in [6.45, 7) is 2.86. The largest absolute Gasteiger partial charge is 0.405 e. The van der Waals surface area contributed by atoms with Crippen molar-refractivity contribution < 1.29 is 22.8 Å². The number of nitrogens with zero attached hydrogens (tertiary/aromatic N) is 1. The van der Waals surface area contributed by atoms with Crippen LogP contribution in [0.25, 0.3) is 10.9 Å². The predicted molar refractivity (Wildman–Crippen MR) is 90.9 cm³/mol. The van der Waals surface area contributed by atoms with Gasteiger partial charge in [-0.25, -0.2) is 0 Å². The first-order chi connectivity index (χ1) is 12.2. The molecule has 26 heavy (non-hydrogen) atoms. The Bertz CT molecular complexity index is 857. The molecule has 1 aromatic carbocycles. The summed E-state index contributed by atoms with van der Waals surface area (Å²) >= 11 is 0. The number of aryl methyl sites for hydroxylation is 2. The van der Waals surface area contributed by atoms with Crippen LogP contribution in [0.4, 0.5) is 13.2 Å². The van der Waals surface area contributed by atoms with Crippen molar-refractivity contribution in [3.63, 3.8) is 0 Å². The standard InChI is InChI=1S/C18H20F3N3O2/c1-10-11(2)23-14-6-5-12(8-13(10)14)17(26)24-7-3-4-15(24)16(25)22-9-18(19,20)21/h5-6,8,15,23H,3-4,7,9H2,1-2H3,(H,22,25). The smallest absolute Gasteiger partial charge is 0.358 e. The molecule has 1 aliphatic heterocycles. The minimum absolute atomic E-state index is 0.338. The number of benzene rings is 1. The molecule has 1 atom stereocenters. The summed E-state index contributed by atoms with van der Waals surface area (Å²) < 4.78 is 36.9. The average molecular weight is 367 g/mol. The van der Waals surface area contributed by atoms with Crippen LogP contribution >= 0.6 is 0 Å². The van der Waals surface area contributed by atoms with Crippen LogP contribution in [-0.4, -0.2) is 47.0 Å². The van der Waals surface area contributed by atoms with E-state index in [0.29, 0.717) is 24.9 Å². The van der Waals surface area contributed by atoms with Crippen molar-refractivity contribution in [1.29, 1.82) is 0 Å². The van der Waals surface area contributed by atoms with E-state index in [4.69, 9.17) is 0 Å². The summed E-state index contributed by atoms with van der Waals surface area (Å²) in [5.74, 6) is -1.10. The third kappa shape index (κ3) is 3.54. The summed E-state index contributed by atoms with van der Waals surface area (Å²) in [4.78, 5) is 29.5. The first-order valence-electron chi connectivity index (χ1n) is 8.42. The normalized spacial score (nSPS) is 17.7. The molecule has 0 bridgehead atoms. The third-order valence-corrected chi connectivity index (χ3v) is 4.83. The van der Waals surface area contributed by atoms with E-state index < -0.39 is 24.7 Å². The zero-order valence-corrected chi connectivity index (χ0v) is 14.5. The highest BCUT2D eigenvalue weighted by Gasteiger charge is 2.36. The lowest BCUT2D eigenvalue weighted by molar-refractivity contribution is -0.140. The highest BCUT2D eigenvalue weighted by molar-refractivity contribution is 6.01. The van der Waals surface area contributed by atoms with Gasteiger partial charge in [-0.2, -0.15) is 13.2 Å². The summed E-state index contributed by atoms with van der Waals surface area (Å²) in [5.41, 5.74) is 3.39. The van der Waals surface area contributed by atoms with E-state index in [2.05, 4.69) is 4.98 Å². The Balaban J connectivity index is 1.80. The lowest BCUT2D eigenvalue weighted by Crippen LogP contribution is -2.48. The van der Waals surface area contributed by atoms with Gasteiger partial charge in [0.1, 0.15) is 12.6 Å². The number of aromatic nitrogens is 1. The first kappa shape index (κ1) is 18.3. The second kappa shape index (κ2) is 6.66. The van der Waals surface area contributed by atoms with Crippen molar-refractivity contribution in [2.75, 3.05) is 13.1 Å². The number of rotatable bonds is 3. The van der Waals surface area contributed by atoms with E-state index in [1.807, 2.05) is 19.2 Å². The molecule has 0 spiro atoms. The molecule has 2 amide bonds. The number of amides is 2. The van der Waals surface area contributed by atoms with E-state index in [1.165, 1.54) is 4.90 Å². The van der Waals surface area contributed by atoms with Crippen molar-refractivity contribution in [2.24, 2.45) is 0 Å². The number of hydrogen-bond acceptors (Lipinski definition) is 2. The quantitative estimate of drug-likeness (QED) is 0.876. The first-order valence-corrected chi connectivity index (χ1v) is 8.42. The van der Waals surface area contributed by atoms with Gasteiger partial charge in [-0.3, -0.25) is 9.59 Å². The number of carbonyl (C=O) groups excluding carboxylic acids is 2. The molecule has 0 aliphatic carbocycles. The lowest BCUT2D eigenvalue weighted by atomic mass is 10.1. The average Bonchev–Trinajstić information content (AvgIpc) is 3.17. The number of H-pyrrole nitrogens is 1. The van der Waals surface area contributed by atoms with Gasteiger partial charge >= 0.3 is 6.18 Å². The van der Waals surface area contributed by atoms with Crippen molar-refractivity contribution in [1.82, 2.24) is 15.2 Å². The number of aromatic amines is 1. The second-order valence-corrected chi connectivity index (χ2v) is 6.62. The molecule has 3 rings (SSSR count). The summed E-state index contributed by atoms with van der Waals surface area (Å²) in [6.07, 6.45) is -3.53. The Morgan fingerprint density at radius 3 is 2.73 bits per heavy atom. The van der Waals surface area contributed by atoms with Crippen LogP contribution in [0.3, 0.4) is 0 Å². The van der Waals surface area contributed by atoms with Gasteiger partial charge < -0.3 is 15.2 Å². The molecule has 5 nitrogen and oxygen atoms in total. The molecule has 0 radical (unpaired) electrons. The molecule has 2 heterocycles. The molecule has 1 unspecified atom stereocenters. The van der Waals surface area contributed by atoms with Crippen LogP contribution in [0.15, 0.2) is 18.2 Å². The molecule has 1 fully saturated rings. The van der Waals surface area contributed by atoms with Crippen LogP contribution in [0, 0.1) is 13.8 Å². The maximum absolute atomic E-state index is 12.8. The van der Waals surface area contributed by atoms with Gasteiger partial charge in [0.2, 0.25) is 5.91 Å². The molecule has 8 heteroatoms. The van der Waals surface area contributed by atoms with Gasteiger partial charge in [-0.1, -0.05) is 0 Å². The SMILES string of the molecule is Cc1[nH]c2ccc(C(=O)N3CCCC3C(=O)NCC(F)(F)F)cc2c1C. The van der Waals surface area contributed by atoms with E-state index in [0.717, 1.165) is 22.2 Å². The fraction of sp³-hybridized carbons (Fsp3) is 0.444. The highest BCUT2D eigenvalue weighted by Crippen LogP contribution is 2.25. The Hall–Kier alpha value is -2.51. The van der Waals surface area contributed by atoms with Gasteiger partial charge in [0.25, 0.3) is 5.91 Å². The van der Waals surface area contributed by atoms with Crippen LogP contribution in [-0.2, 0) is 4.79 Å². The minimum atomic E-state index is -4.47. The Labute approximate surface area is 148 Å². The predicted octanol–water partition coefficient (Wildman–Crippen LogP) is 3.07. The molecule has 140 valence electrons. The number of likely N-dealkylation sites (tertiary alicyclic amines) is 1. The fourth-order valence-corrected chi connectivity index (χ4v) is 3.35. The Kier molecular flexibility index (Phi) is 4.68. The van der Waals surface area contributed by atoms with Crippen molar-refractivity contribution >= 4 is 22.7 Å². The number of hydrogen-bond donors (Lipinski definition) is 2. The Morgan fingerprint density at radius 1 is 1.31 bits per heavy atom. The van der Waals surface area contributed by atoms with Crippen molar-refractivity contribution in [2.45, 2.75) is 38.9 Å². The maximum Gasteiger partial charge on any atom is 0.405 e. The van der Waals surface area contributed by atoms with Crippen LogP contribution in [0.1, 0.15) is 34.5 Å². The number of halogens is 3. The molecular weight excluding hydrogens is 347 g/mol. The zero-order chi connectivity index (χ0) is 19.1. The van der Waals surface area contributed by atoms with E-state index in [-0.39, 0.29) is 5.91 Å². The number of fused-ring (bicyclic) bond motifs is 1. The van der Waals surface area contributed by atoms with E-state index in [1.54, 1.807) is 18.2 Å². The molecule has 1 aromatic heterocycles. The van der Waals surface area contributed by atoms with Crippen LogP contribution in [0.2, 0.25) is 0 Å². The molecule has 1 saturated heterocycles. The molecule has 2 aromatic rings. The highest BCUT2D eigenvalue weighted by atomic mass is 19.4. The number of alkyl halides is 3. The van der Waals surface area contributed by atoms with Gasteiger partial charge in [0.15, 0.2) is 0 Å². The van der Waals surface area contributed by atoms with Gasteiger partial charge in [-0.15, -0.1) is 0 Å². The van der Waals surface area contributed by atoms with E-state index in [9.17, 15) is 22.8 Å². The second-order valence-electron chi connectivity index (χ2n) is 6.62. The van der Waals surface area contributed by atoms with Crippen molar-refractivity contribution in [3.8, 4) is 0 Å². The van der Waals surface area contributed by atoms with Crippen LogP contribution in [0.5, 0.6) is 0 Å². The fourth-order valence-electron chi connectivity index (χ4n) is 3.35. The molecule has 0 saturated carbocycles. The number of carbonyl (C=O) groups is 2. The topological polar surface area (TPSA) is 65.2 Å². The van der Waals surface area contributed by atoms with Crippen molar-refractivity contribution in [3.05, 3.63) is 35.0 Å². The zero-order valence-electron chi connectivity index (χ0n) is 14.5. The molecular formula is C18H20F3N3O2.